The van der Waals surface area contributed by atoms with E-state index in [0.717, 1.165) is 25.2 Å². The van der Waals surface area contributed by atoms with Crippen molar-refractivity contribution in [3.05, 3.63) is 35.4 Å². The second-order valence-corrected chi connectivity index (χ2v) is 6.21. The van der Waals surface area contributed by atoms with Gasteiger partial charge < -0.3 is 0 Å². The molecule has 4 atom stereocenters. The van der Waals surface area contributed by atoms with Gasteiger partial charge in [0.1, 0.15) is 11.6 Å². The highest BCUT2D eigenvalue weighted by Crippen LogP contribution is 2.35. The van der Waals surface area contributed by atoms with Crippen molar-refractivity contribution in [2.24, 2.45) is 23.6 Å². The van der Waals surface area contributed by atoms with E-state index < -0.39 is 11.6 Å². The van der Waals surface area contributed by atoms with Crippen molar-refractivity contribution in [3.8, 4) is 0 Å². The van der Waals surface area contributed by atoms with Crippen LogP contribution in [0.15, 0.2) is 18.2 Å². The number of hydrogen-bond donors (Lipinski definition) is 2. The molecule has 1 aliphatic rings. The highest BCUT2D eigenvalue weighted by Gasteiger charge is 2.30. The molecule has 1 aliphatic carbocycles. The molecule has 20 heavy (non-hydrogen) atoms. The average molecular weight is 282 g/mol. The second-order valence-electron chi connectivity index (χ2n) is 6.21. The molecule has 0 spiro atoms. The summed E-state index contributed by atoms with van der Waals surface area (Å²) in [4.78, 5) is 0. The number of rotatable bonds is 4. The molecule has 0 aromatic heterocycles. The largest absolute Gasteiger partial charge is 0.271 e. The Morgan fingerprint density at radius 3 is 2.40 bits per heavy atom. The van der Waals surface area contributed by atoms with Gasteiger partial charge in [0.2, 0.25) is 0 Å². The minimum Gasteiger partial charge on any atom is -0.271 e. The Balaban J connectivity index is 2.09. The molecule has 2 rings (SSSR count). The molecular formula is C16H24F2N2. The lowest BCUT2D eigenvalue weighted by Gasteiger charge is -2.36. The average Bonchev–Trinajstić information content (AvgIpc) is 2.42. The number of benzene rings is 1. The minimum atomic E-state index is -0.484. The molecule has 0 saturated heterocycles. The zero-order valence-corrected chi connectivity index (χ0v) is 12.2. The van der Waals surface area contributed by atoms with Crippen molar-refractivity contribution in [1.82, 2.24) is 5.43 Å². The predicted molar refractivity (Wildman–Crippen MR) is 76.8 cm³/mol. The molecule has 1 aromatic carbocycles. The molecule has 0 bridgehead atoms. The summed E-state index contributed by atoms with van der Waals surface area (Å²) in [6.07, 6.45) is 3.59. The van der Waals surface area contributed by atoms with Crippen molar-refractivity contribution >= 4 is 0 Å². The molecule has 1 saturated carbocycles. The fraction of sp³-hybridized carbons (Fsp3) is 0.625. The van der Waals surface area contributed by atoms with E-state index in [1.54, 1.807) is 0 Å². The monoisotopic (exact) mass is 282 g/mol. The van der Waals surface area contributed by atoms with Crippen LogP contribution in [0, 0.1) is 29.4 Å². The van der Waals surface area contributed by atoms with E-state index in [0.29, 0.717) is 18.3 Å². The smallest absolute Gasteiger partial charge is 0.129 e. The Morgan fingerprint density at radius 1 is 1.20 bits per heavy atom. The lowest BCUT2D eigenvalue weighted by atomic mass is 9.72. The zero-order chi connectivity index (χ0) is 14.7. The lowest BCUT2D eigenvalue weighted by molar-refractivity contribution is 0.169. The van der Waals surface area contributed by atoms with Gasteiger partial charge in [0.05, 0.1) is 0 Å². The first kappa shape index (κ1) is 15.4. The molecule has 112 valence electrons. The quantitative estimate of drug-likeness (QED) is 0.656. The van der Waals surface area contributed by atoms with Crippen LogP contribution < -0.4 is 11.3 Å². The summed E-state index contributed by atoms with van der Waals surface area (Å²) < 4.78 is 27.5. The number of nitrogens with one attached hydrogen (secondary N) is 1. The maximum atomic E-state index is 13.7. The van der Waals surface area contributed by atoms with E-state index >= 15 is 0 Å². The Kier molecular flexibility index (Phi) is 5.11. The van der Waals surface area contributed by atoms with E-state index in [-0.39, 0.29) is 11.6 Å². The highest BCUT2D eigenvalue weighted by molar-refractivity contribution is 5.21. The maximum absolute atomic E-state index is 13.7. The summed E-state index contributed by atoms with van der Waals surface area (Å²) in [5.41, 5.74) is 2.92. The normalized spacial score (nSPS) is 28.4. The molecule has 2 nitrogen and oxygen atoms in total. The molecule has 0 amide bonds. The molecule has 1 fully saturated rings. The van der Waals surface area contributed by atoms with Crippen LogP contribution in [0.3, 0.4) is 0 Å². The molecule has 0 radical (unpaired) electrons. The van der Waals surface area contributed by atoms with Crippen LogP contribution >= 0.6 is 0 Å². The van der Waals surface area contributed by atoms with E-state index in [4.69, 9.17) is 5.84 Å². The zero-order valence-electron chi connectivity index (χ0n) is 12.2. The van der Waals surface area contributed by atoms with E-state index in [2.05, 4.69) is 19.3 Å². The summed E-state index contributed by atoms with van der Waals surface area (Å²) in [6, 6.07) is 3.93. The van der Waals surface area contributed by atoms with E-state index in [1.807, 2.05) is 0 Å². The fourth-order valence-electron chi connectivity index (χ4n) is 3.26. The van der Waals surface area contributed by atoms with Crippen LogP contribution in [0.25, 0.3) is 0 Å². The number of nitrogens with two attached hydrogens (primary N) is 1. The molecule has 4 heteroatoms. The lowest BCUT2D eigenvalue weighted by Crippen LogP contribution is -2.45. The van der Waals surface area contributed by atoms with Gasteiger partial charge in [-0.15, -0.1) is 0 Å². The van der Waals surface area contributed by atoms with Crippen LogP contribution in [0.5, 0.6) is 0 Å². The molecule has 0 heterocycles. The number of halogens is 2. The molecule has 4 unspecified atom stereocenters. The van der Waals surface area contributed by atoms with Gasteiger partial charge in [-0.3, -0.25) is 11.3 Å². The summed E-state index contributed by atoms with van der Waals surface area (Å²) in [6.45, 7) is 4.51. The highest BCUT2D eigenvalue weighted by atomic mass is 19.1. The summed E-state index contributed by atoms with van der Waals surface area (Å²) in [5, 5.41) is 0. The first-order valence-corrected chi connectivity index (χ1v) is 7.42. The predicted octanol–water partition coefficient (Wildman–Crippen LogP) is 3.41. The van der Waals surface area contributed by atoms with Crippen LogP contribution in [0.2, 0.25) is 0 Å². The van der Waals surface area contributed by atoms with Gasteiger partial charge >= 0.3 is 0 Å². The van der Waals surface area contributed by atoms with Gasteiger partial charge in [-0.1, -0.05) is 26.3 Å². The maximum Gasteiger partial charge on any atom is 0.129 e. The van der Waals surface area contributed by atoms with Gasteiger partial charge in [-0.05, 0) is 49.1 Å². The molecule has 0 aliphatic heterocycles. The third-order valence-electron chi connectivity index (χ3n) is 4.91. The third-order valence-corrected chi connectivity index (χ3v) is 4.91. The van der Waals surface area contributed by atoms with E-state index in [9.17, 15) is 8.78 Å². The van der Waals surface area contributed by atoms with Gasteiger partial charge in [0.15, 0.2) is 0 Å². The Morgan fingerprint density at radius 2 is 1.85 bits per heavy atom. The first-order valence-electron chi connectivity index (χ1n) is 7.42. The van der Waals surface area contributed by atoms with Crippen LogP contribution in [0.4, 0.5) is 8.78 Å². The number of hydrazine groups is 1. The molecule has 1 aromatic rings. The Bertz CT molecular complexity index is 430. The van der Waals surface area contributed by atoms with Crippen LogP contribution in [-0.2, 0) is 6.42 Å². The molecular weight excluding hydrogens is 258 g/mol. The van der Waals surface area contributed by atoms with Gasteiger partial charge in [0, 0.05) is 11.6 Å². The van der Waals surface area contributed by atoms with Crippen molar-refractivity contribution in [2.75, 3.05) is 0 Å². The van der Waals surface area contributed by atoms with Crippen molar-refractivity contribution in [1.29, 1.82) is 0 Å². The Hall–Kier alpha value is -1.00. The minimum absolute atomic E-state index is 0.0728. The van der Waals surface area contributed by atoms with Gasteiger partial charge in [-0.25, -0.2) is 8.78 Å². The summed E-state index contributed by atoms with van der Waals surface area (Å²) >= 11 is 0. The summed E-state index contributed by atoms with van der Waals surface area (Å²) in [5.74, 6) is 6.40. The van der Waals surface area contributed by atoms with Crippen molar-refractivity contribution in [2.45, 2.75) is 45.6 Å². The van der Waals surface area contributed by atoms with Crippen LogP contribution in [-0.4, -0.2) is 6.04 Å². The van der Waals surface area contributed by atoms with E-state index in [1.165, 1.54) is 18.2 Å². The van der Waals surface area contributed by atoms with Crippen LogP contribution in [0.1, 0.15) is 38.7 Å². The second kappa shape index (κ2) is 6.64. The fourth-order valence-corrected chi connectivity index (χ4v) is 3.26. The Labute approximate surface area is 119 Å². The van der Waals surface area contributed by atoms with Gasteiger partial charge in [0.25, 0.3) is 0 Å². The summed E-state index contributed by atoms with van der Waals surface area (Å²) in [7, 11) is 0. The van der Waals surface area contributed by atoms with Crippen molar-refractivity contribution in [3.63, 3.8) is 0 Å². The number of hydrogen-bond acceptors (Lipinski definition) is 2. The molecule has 3 N–H and O–H groups in total. The van der Waals surface area contributed by atoms with Crippen molar-refractivity contribution < 1.29 is 8.78 Å². The SMILES string of the molecule is CC1CCC(C(Cc2c(F)cccc2F)NN)CC1C. The van der Waals surface area contributed by atoms with Gasteiger partial charge in [-0.2, -0.15) is 0 Å². The topological polar surface area (TPSA) is 38.0 Å². The third kappa shape index (κ3) is 3.36. The first-order chi connectivity index (χ1) is 9.52. The standard InChI is InChI=1S/C16H24F2N2/c1-10-6-7-12(8-11(10)2)16(20-19)9-13-14(17)4-3-5-15(13)18/h3-5,10-12,16,20H,6-9,19H2,1-2H3.